The van der Waals surface area contributed by atoms with Crippen LogP contribution in [0.4, 0.5) is 0 Å². The number of nitrogens with zero attached hydrogens (tertiary/aromatic N) is 2. The minimum atomic E-state index is -3.58. The third-order valence-electron chi connectivity index (χ3n) is 4.27. The molecule has 27 heavy (non-hydrogen) atoms. The average Bonchev–Trinajstić information content (AvgIpc) is 2.66. The summed E-state index contributed by atoms with van der Waals surface area (Å²) < 4.78 is 26.7. The number of halogens is 2. The molecule has 1 heterocycles. The molecular weight excluding hydrogens is 407 g/mol. The molecule has 3 rings (SSSR count). The molecule has 0 N–H and O–H groups in total. The second kappa shape index (κ2) is 8.44. The summed E-state index contributed by atoms with van der Waals surface area (Å²) in [6, 6.07) is 13.3. The first kappa shape index (κ1) is 19.9. The molecule has 0 unspecified atom stereocenters. The molecule has 0 spiro atoms. The lowest BCUT2D eigenvalue weighted by molar-refractivity contribution is -0.127. The maximum absolute atomic E-state index is 12.7. The number of hydrogen-bond donors (Lipinski definition) is 0. The van der Waals surface area contributed by atoms with Crippen molar-refractivity contribution < 1.29 is 13.2 Å². The van der Waals surface area contributed by atoms with Crippen LogP contribution in [0.1, 0.15) is 5.56 Å². The Morgan fingerprint density at radius 3 is 2.22 bits per heavy atom. The maximum Gasteiger partial charge on any atom is 0.246 e. The lowest BCUT2D eigenvalue weighted by atomic mass is 10.2. The van der Waals surface area contributed by atoms with Crippen LogP contribution in [0.25, 0.3) is 6.08 Å². The Kier molecular flexibility index (Phi) is 6.22. The number of carbonyl (C=O) groups excluding carboxylic acids is 1. The Morgan fingerprint density at radius 1 is 0.926 bits per heavy atom. The summed E-state index contributed by atoms with van der Waals surface area (Å²) in [6.07, 6.45) is 3.18. The zero-order valence-electron chi connectivity index (χ0n) is 14.4. The third kappa shape index (κ3) is 4.90. The Balaban J connectivity index is 1.61. The molecule has 0 aliphatic carbocycles. The standard InChI is InChI=1S/C19H18Cl2N2O3S/c20-16-5-7-18(8-6-16)27(25,26)23-12-10-22(11-13-23)19(24)9-4-15-2-1-3-17(21)14-15/h1-9,14H,10-13H2/b9-4+. The summed E-state index contributed by atoms with van der Waals surface area (Å²) in [5, 5.41) is 1.08. The largest absolute Gasteiger partial charge is 0.337 e. The topological polar surface area (TPSA) is 57.7 Å². The number of piperazine rings is 1. The van der Waals surface area contributed by atoms with Crippen molar-refractivity contribution in [3.63, 3.8) is 0 Å². The molecule has 0 radical (unpaired) electrons. The highest BCUT2D eigenvalue weighted by Gasteiger charge is 2.29. The van der Waals surface area contributed by atoms with Crippen molar-refractivity contribution >= 4 is 45.2 Å². The van der Waals surface area contributed by atoms with Crippen molar-refractivity contribution in [1.29, 1.82) is 0 Å². The van der Waals surface area contributed by atoms with Crippen molar-refractivity contribution in [1.82, 2.24) is 9.21 Å². The summed E-state index contributed by atoms with van der Waals surface area (Å²) in [7, 11) is -3.58. The molecule has 2 aromatic carbocycles. The van der Waals surface area contributed by atoms with E-state index in [0.717, 1.165) is 5.56 Å². The number of hydrogen-bond acceptors (Lipinski definition) is 3. The number of sulfonamides is 1. The summed E-state index contributed by atoms with van der Waals surface area (Å²) in [5.74, 6) is -0.154. The zero-order chi connectivity index (χ0) is 19.4. The maximum atomic E-state index is 12.7. The molecule has 1 saturated heterocycles. The van der Waals surface area contributed by atoms with Gasteiger partial charge >= 0.3 is 0 Å². The Morgan fingerprint density at radius 2 is 1.59 bits per heavy atom. The van der Waals surface area contributed by atoms with E-state index in [4.69, 9.17) is 23.2 Å². The third-order valence-corrected chi connectivity index (χ3v) is 6.67. The first-order chi connectivity index (χ1) is 12.9. The fourth-order valence-corrected chi connectivity index (χ4v) is 4.53. The van der Waals surface area contributed by atoms with E-state index in [1.807, 2.05) is 12.1 Å². The van der Waals surface area contributed by atoms with Crippen molar-refractivity contribution in [2.45, 2.75) is 4.90 Å². The fraction of sp³-hybridized carbons (Fsp3) is 0.211. The molecular formula is C19H18Cl2N2O3S. The van der Waals surface area contributed by atoms with E-state index in [9.17, 15) is 13.2 Å². The van der Waals surface area contributed by atoms with Gasteiger partial charge in [0.2, 0.25) is 15.9 Å². The number of rotatable bonds is 4. The summed E-state index contributed by atoms with van der Waals surface area (Å²) in [6.45, 7) is 1.18. The zero-order valence-corrected chi connectivity index (χ0v) is 16.7. The first-order valence-electron chi connectivity index (χ1n) is 8.34. The van der Waals surface area contributed by atoms with Gasteiger partial charge in [-0.25, -0.2) is 8.42 Å². The van der Waals surface area contributed by atoms with E-state index in [1.165, 1.54) is 22.5 Å². The van der Waals surface area contributed by atoms with Crippen molar-refractivity contribution in [3.05, 3.63) is 70.2 Å². The van der Waals surface area contributed by atoms with Gasteiger partial charge in [0.1, 0.15) is 0 Å². The number of benzene rings is 2. The van der Waals surface area contributed by atoms with Gasteiger partial charge in [-0.05, 0) is 48.0 Å². The highest BCUT2D eigenvalue weighted by molar-refractivity contribution is 7.89. The molecule has 1 aliphatic heterocycles. The van der Waals surface area contributed by atoms with Gasteiger partial charge in [0, 0.05) is 42.3 Å². The van der Waals surface area contributed by atoms with Crippen LogP contribution in [0, 0.1) is 0 Å². The number of amides is 1. The minimum absolute atomic E-state index is 0.154. The van der Waals surface area contributed by atoms with Crippen LogP contribution in [0.2, 0.25) is 10.0 Å². The van der Waals surface area contributed by atoms with Gasteiger partial charge in [0.05, 0.1) is 4.90 Å². The van der Waals surface area contributed by atoms with Gasteiger partial charge in [-0.2, -0.15) is 4.31 Å². The van der Waals surface area contributed by atoms with Crippen LogP contribution in [0.5, 0.6) is 0 Å². The van der Waals surface area contributed by atoms with Gasteiger partial charge < -0.3 is 4.90 Å². The van der Waals surface area contributed by atoms with E-state index >= 15 is 0 Å². The highest BCUT2D eigenvalue weighted by atomic mass is 35.5. The van der Waals surface area contributed by atoms with Crippen LogP contribution in [-0.4, -0.2) is 49.7 Å². The molecule has 142 valence electrons. The van der Waals surface area contributed by atoms with Crippen molar-refractivity contribution in [2.24, 2.45) is 0 Å². The second-order valence-corrected chi connectivity index (χ2v) is 8.88. The van der Waals surface area contributed by atoms with Crippen LogP contribution < -0.4 is 0 Å². The van der Waals surface area contributed by atoms with Crippen LogP contribution in [0.15, 0.2) is 59.5 Å². The summed E-state index contributed by atoms with van der Waals surface area (Å²) in [4.78, 5) is 14.2. The van der Waals surface area contributed by atoms with Gasteiger partial charge in [-0.3, -0.25) is 4.79 Å². The van der Waals surface area contributed by atoms with Gasteiger partial charge in [-0.15, -0.1) is 0 Å². The summed E-state index contributed by atoms with van der Waals surface area (Å²) in [5.41, 5.74) is 0.833. The van der Waals surface area contributed by atoms with Gasteiger partial charge in [0.15, 0.2) is 0 Å². The molecule has 0 atom stereocenters. The van der Waals surface area contributed by atoms with Crippen LogP contribution in [0.3, 0.4) is 0 Å². The SMILES string of the molecule is O=C(/C=C/c1cccc(Cl)c1)N1CCN(S(=O)(=O)c2ccc(Cl)cc2)CC1. The van der Waals surface area contributed by atoms with E-state index in [2.05, 4.69) is 0 Å². The molecule has 1 aliphatic rings. The van der Waals surface area contributed by atoms with E-state index in [-0.39, 0.29) is 23.9 Å². The van der Waals surface area contributed by atoms with Gasteiger partial charge in [0.25, 0.3) is 0 Å². The molecule has 8 heteroatoms. The lowest BCUT2D eigenvalue weighted by Gasteiger charge is -2.33. The Labute approximate surface area is 168 Å². The Hall–Kier alpha value is -1.86. The van der Waals surface area contributed by atoms with E-state index < -0.39 is 10.0 Å². The predicted molar refractivity (Wildman–Crippen MR) is 107 cm³/mol. The van der Waals surface area contributed by atoms with Crippen molar-refractivity contribution in [2.75, 3.05) is 26.2 Å². The van der Waals surface area contributed by atoms with Crippen LogP contribution >= 0.6 is 23.2 Å². The van der Waals surface area contributed by atoms with Crippen LogP contribution in [-0.2, 0) is 14.8 Å². The van der Waals surface area contributed by atoms with E-state index in [1.54, 1.807) is 35.2 Å². The first-order valence-corrected chi connectivity index (χ1v) is 10.5. The minimum Gasteiger partial charge on any atom is -0.337 e. The van der Waals surface area contributed by atoms with E-state index in [0.29, 0.717) is 23.1 Å². The molecule has 1 amide bonds. The van der Waals surface area contributed by atoms with Crippen molar-refractivity contribution in [3.8, 4) is 0 Å². The quantitative estimate of drug-likeness (QED) is 0.705. The predicted octanol–water partition coefficient (Wildman–Crippen LogP) is 3.54. The highest BCUT2D eigenvalue weighted by Crippen LogP contribution is 2.20. The average molecular weight is 425 g/mol. The molecule has 0 saturated carbocycles. The van der Waals surface area contributed by atoms with Gasteiger partial charge in [-0.1, -0.05) is 35.3 Å². The second-order valence-electron chi connectivity index (χ2n) is 6.07. The molecule has 0 bridgehead atoms. The Bertz CT molecular complexity index is 951. The molecule has 5 nitrogen and oxygen atoms in total. The summed E-state index contributed by atoms with van der Waals surface area (Å²) >= 11 is 11.7. The number of carbonyl (C=O) groups is 1. The fourth-order valence-electron chi connectivity index (χ4n) is 2.79. The lowest BCUT2D eigenvalue weighted by Crippen LogP contribution is -2.50. The molecule has 1 fully saturated rings. The monoisotopic (exact) mass is 424 g/mol. The molecule has 2 aromatic rings. The smallest absolute Gasteiger partial charge is 0.246 e. The molecule has 0 aromatic heterocycles. The normalized spacial score (nSPS) is 16.0.